The van der Waals surface area contributed by atoms with Gasteiger partial charge in [0, 0.05) is 23.0 Å². The molecule has 2 rings (SSSR count). The number of benzene rings is 1. The first kappa shape index (κ1) is 17.0. The molecule has 0 saturated heterocycles. The summed E-state index contributed by atoms with van der Waals surface area (Å²) in [5, 5.41) is 6.04. The van der Waals surface area contributed by atoms with Crippen LogP contribution in [0.1, 0.15) is 5.69 Å². The SMILES string of the molecule is CN(C)Cc1csc(NC(=O)COc2cc(Cl)ccc2Cl)n1. The molecule has 0 unspecified atom stereocenters. The van der Waals surface area contributed by atoms with Crippen molar-refractivity contribution in [1.82, 2.24) is 9.88 Å². The highest BCUT2D eigenvalue weighted by atomic mass is 35.5. The molecule has 5 nitrogen and oxygen atoms in total. The molecule has 0 fully saturated rings. The summed E-state index contributed by atoms with van der Waals surface area (Å²) >= 11 is 13.2. The number of amides is 1. The number of nitrogens with zero attached hydrogens (tertiary/aromatic N) is 2. The molecule has 0 bridgehead atoms. The summed E-state index contributed by atoms with van der Waals surface area (Å²) < 4.78 is 5.36. The lowest BCUT2D eigenvalue weighted by Gasteiger charge is -2.08. The van der Waals surface area contributed by atoms with E-state index in [4.69, 9.17) is 27.9 Å². The third-order valence-electron chi connectivity index (χ3n) is 2.53. The van der Waals surface area contributed by atoms with Crippen LogP contribution in [0.2, 0.25) is 10.0 Å². The van der Waals surface area contributed by atoms with Crippen LogP contribution in [0.4, 0.5) is 5.13 Å². The Morgan fingerprint density at radius 1 is 1.41 bits per heavy atom. The minimum Gasteiger partial charge on any atom is -0.482 e. The molecule has 1 aromatic heterocycles. The first-order valence-electron chi connectivity index (χ1n) is 6.41. The van der Waals surface area contributed by atoms with Gasteiger partial charge < -0.3 is 9.64 Å². The van der Waals surface area contributed by atoms with Crippen molar-refractivity contribution in [2.45, 2.75) is 6.54 Å². The number of aromatic nitrogens is 1. The summed E-state index contributed by atoms with van der Waals surface area (Å²) in [6, 6.07) is 4.83. The van der Waals surface area contributed by atoms with E-state index in [0.29, 0.717) is 20.9 Å². The van der Waals surface area contributed by atoms with Crippen LogP contribution < -0.4 is 10.1 Å². The van der Waals surface area contributed by atoms with Crippen LogP contribution in [0, 0.1) is 0 Å². The number of thiazole rings is 1. The minimum absolute atomic E-state index is 0.164. The normalized spacial score (nSPS) is 10.8. The number of nitrogens with one attached hydrogen (secondary N) is 1. The highest BCUT2D eigenvalue weighted by Gasteiger charge is 2.10. The van der Waals surface area contributed by atoms with E-state index in [1.807, 2.05) is 24.4 Å². The molecule has 22 heavy (non-hydrogen) atoms. The van der Waals surface area contributed by atoms with Crippen LogP contribution in [0.5, 0.6) is 5.75 Å². The zero-order valence-corrected chi connectivity index (χ0v) is 14.4. The third kappa shape index (κ3) is 5.14. The number of hydrogen-bond donors (Lipinski definition) is 1. The van der Waals surface area contributed by atoms with Gasteiger partial charge in [0.2, 0.25) is 0 Å². The average Bonchev–Trinajstić information content (AvgIpc) is 2.86. The van der Waals surface area contributed by atoms with Gasteiger partial charge in [-0.1, -0.05) is 23.2 Å². The van der Waals surface area contributed by atoms with Gasteiger partial charge in [0.25, 0.3) is 5.91 Å². The number of carbonyl (C=O) groups excluding carboxylic acids is 1. The summed E-state index contributed by atoms with van der Waals surface area (Å²) in [4.78, 5) is 18.2. The van der Waals surface area contributed by atoms with Gasteiger partial charge >= 0.3 is 0 Å². The molecular weight excluding hydrogens is 345 g/mol. The minimum atomic E-state index is -0.304. The molecule has 8 heteroatoms. The summed E-state index contributed by atoms with van der Waals surface area (Å²) in [6.07, 6.45) is 0. The van der Waals surface area contributed by atoms with E-state index in [2.05, 4.69) is 10.3 Å². The van der Waals surface area contributed by atoms with Crippen molar-refractivity contribution in [3.63, 3.8) is 0 Å². The van der Waals surface area contributed by atoms with E-state index in [-0.39, 0.29) is 12.5 Å². The van der Waals surface area contributed by atoms with Crippen molar-refractivity contribution < 1.29 is 9.53 Å². The van der Waals surface area contributed by atoms with Crippen molar-refractivity contribution >= 4 is 45.6 Å². The first-order chi connectivity index (χ1) is 10.4. The monoisotopic (exact) mass is 359 g/mol. The number of anilines is 1. The second kappa shape index (κ2) is 7.78. The van der Waals surface area contributed by atoms with Crippen LogP contribution in [-0.2, 0) is 11.3 Å². The average molecular weight is 360 g/mol. The van der Waals surface area contributed by atoms with Crippen LogP contribution >= 0.6 is 34.5 Å². The van der Waals surface area contributed by atoms with Gasteiger partial charge in [-0.3, -0.25) is 10.1 Å². The van der Waals surface area contributed by atoms with Gasteiger partial charge in [-0.2, -0.15) is 0 Å². The molecule has 1 N–H and O–H groups in total. The van der Waals surface area contributed by atoms with Crippen LogP contribution in [0.15, 0.2) is 23.6 Å². The second-order valence-electron chi connectivity index (χ2n) is 4.79. The summed E-state index contributed by atoms with van der Waals surface area (Å²) in [7, 11) is 3.92. The first-order valence-corrected chi connectivity index (χ1v) is 8.04. The quantitative estimate of drug-likeness (QED) is 0.856. The second-order valence-corrected chi connectivity index (χ2v) is 6.50. The number of carbonyl (C=O) groups is 1. The summed E-state index contributed by atoms with van der Waals surface area (Å²) in [6.45, 7) is 0.559. The number of rotatable bonds is 6. The predicted molar refractivity (Wildman–Crippen MR) is 90.1 cm³/mol. The van der Waals surface area contributed by atoms with Gasteiger partial charge in [-0.25, -0.2) is 4.98 Å². The van der Waals surface area contributed by atoms with Crippen LogP contribution in [0.3, 0.4) is 0 Å². The van der Waals surface area contributed by atoms with E-state index in [1.165, 1.54) is 11.3 Å². The van der Waals surface area contributed by atoms with Crippen LogP contribution in [0.25, 0.3) is 0 Å². The van der Waals surface area contributed by atoms with E-state index >= 15 is 0 Å². The molecule has 118 valence electrons. The number of ether oxygens (including phenoxy) is 1. The zero-order chi connectivity index (χ0) is 16.1. The Bertz CT molecular complexity index is 661. The van der Waals surface area contributed by atoms with Gasteiger partial charge in [-0.05, 0) is 26.2 Å². The molecule has 0 aliphatic heterocycles. The lowest BCUT2D eigenvalue weighted by atomic mass is 10.3. The van der Waals surface area contributed by atoms with Gasteiger partial charge in [0.15, 0.2) is 11.7 Å². The molecule has 1 aromatic carbocycles. The molecule has 0 aliphatic carbocycles. The highest BCUT2D eigenvalue weighted by molar-refractivity contribution is 7.13. The Hall–Kier alpha value is -1.34. The number of hydrogen-bond acceptors (Lipinski definition) is 5. The maximum absolute atomic E-state index is 11.9. The van der Waals surface area contributed by atoms with Gasteiger partial charge in [-0.15, -0.1) is 11.3 Å². The van der Waals surface area contributed by atoms with E-state index in [1.54, 1.807) is 18.2 Å². The topological polar surface area (TPSA) is 54.5 Å². The Kier molecular flexibility index (Phi) is 6.02. The van der Waals surface area contributed by atoms with Crippen molar-refractivity contribution in [1.29, 1.82) is 0 Å². The predicted octanol–water partition coefficient (Wildman–Crippen LogP) is 3.53. The molecule has 0 atom stereocenters. The molecule has 0 radical (unpaired) electrons. The van der Waals surface area contributed by atoms with Crippen LogP contribution in [-0.4, -0.2) is 36.5 Å². The molecule has 0 saturated carbocycles. The van der Waals surface area contributed by atoms with Crippen molar-refractivity contribution in [3.05, 3.63) is 39.3 Å². The zero-order valence-electron chi connectivity index (χ0n) is 12.1. The molecule has 1 heterocycles. The lowest BCUT2D eigenvalue weighted by Crippen LogP contribution is -2.20. The Balaban J connectivity index is 1.87. The molecule has 0 spiro atoms. The molecule has 0 aliphatic rings. The summed E-state index contributed by atoms with van der Waals surface area (Å²) in [5.41, 5.74) is 0.907. The lowest BCUT2D eigenvalue weighted by molar-refractivity contribution is -0.118. The van der Waals surface area contributed by atoms with Gasteiger partial charge in [0.1, 0.15) is 5.75 Å². The largest absolute Gasteiger partial charge is 0.482 e. The van der Waals surface area contributed by atoms with Crippen molar-refractivity contribution in [3.8, 4) is 5.75 Å². The smallest absolute Gasteiger partial charge is 0.264 e. The maximum atomic E-state index is 11.9. The Labute approximate surface area is 142 Å². The fourth-order valence-corrected chi connectivity index (χ4v) is 2.70. The van der Waals surface area contributed by atoms with Crippen molar-refractivity contribution in [2.24, 2.45) is 0 Å². The Morgan fingerprint density at radius 3 is 2.91 bits per heavy atom. The third-order valence-corrected chi connectivity index (χ3v) is 3.88. The standard InChI is InChI=1S/C14H15Cl2N3O2S/c1-19(2)6-10-8-22-14(17-10)18-13(20)7-21-12-5-9(15)3-4-11(12)16/h3-5,8H,6-7H2,1-2H3,(H,17,18,20). The maximum Gasteiger partial charge on any atom is 0.264 e. The Morgan fingerprint density at radius 2 is 2.18 bits per heavy atom. The highest BCUT2D eigenvalue weighted by Crippen LogP contribution is 2.27. The fraction of sp³-hybridized carbons (Fsp3) is 0.286. The molecular formula is C14H15Cl2N3O2S. The molecule has 2 aromatic rings. The van der Waals surface area contributed by atoms with E-state index in [9.17, 15) is 4.79 Å². The fourth-order valence-electron chi connectivity index (χ4n) is 1.65. The molecule has 1 amide bonds. The number of halogens is 2. The van der Waals surface area contributed by atoms with E-state index in [0.717, 1.165) is 12.2 Å². The van der Waals surface area contributed by atoms with E-state index < -0.39 is 0 Å². The summed E-state index contributed by atoms with van der Waals surface area (Å²) in [5.74, 6) is 0.0681. The van der Waals surface area contributed by atoms with Gasteiger partial charge in [0.05, 0.1) is 10.7 Å². The van der Waals surface area contributed by atoms with Crippen molar-refractivity contribution in [2.75, 3.05) is 26.0 Å².